The first kappa shape index (κ1) is 35.9. The Balaban J connectivity index is 1.34. The summed E-state index contributed by atoms with van der Waals surface area (Å²) in [4.78, 5) is 29.4. The lowest BCUT2D eigenvalue weighted by Crippen LogP contribution is -2.52. The van der Waals surface area contributed by atoms with Crippen LogP contribution >= 0.6 is 34.5 Å². The molecule has 0 aliphatic carbocycles. The van der Waals surface area contributed by atoms with Gasteiger partial charge in [0.25, 0.3) is 0 Å². The molecule has 50 heavy (non-hydrogen) atoms. The Labute approximate surface area is 302 Å². The SMILES string of the molecule is COc1ccc([C@H](Cc2c(Cl)c[n+]([O-])cc2Cl)c2cc(CNC(C(=O)O[C@H]3CN4CCC3CC4)c3cccc(F)c3)sc2C(=O)O)cc1OC. The summed E-state index contributed by atoms with van der Waals surface area (Å²) in [7, 11) is 3.02. The van der Waals surface area contributed by atoms with E-state index in [2.05, 4.69) is 10.2 Å². The number of thiophene rings is 1. The van der Waals surface area contributed by atoms with Crippen LogP contribution in [-0.2, 0) is 22.5 Å². The van der Waals surface area contributed by atoms with Gasteiger partial charge in [-0.15, -0.1) is 11.3 Å². The summed E-state index contributed by atoms with van der Waals surface area (Å²) in [5.74, 6) is -1.55. The molecule has 3 saturated heterocycles. The quantitative estimate of drug-likeness (QED) is 0.0912. The van der Waals surface area contributed by atoms with E-state index in [1.54, 1.807) is 30.3 Å². The lowest BCUT2D eigenvalue weighted by Gasteiger charge is -2.44. The first-order chi connectivity index (χ1) is 24.0. The van der Waals surface area contributed by atoms with Crippen molar-refractivity contribution >= 4 is 46.5 Å². The van der Waals surface area contributed by atoms with E-state index in [9.17, 15) is 24.3 Å². The van der Waals surface area contributed by atoms with E-state index in [0.29, 0.717) is 49.9 Å². The highest BCUT2D eigenvalue weighted by Crippen LogP contribution is 2.41. The summed E-state index contributed by atoms with van der Waals surface area (Å²) >= 11 is 14.0. The second-order valence-corrected chi connectivity index (χ2v) is 14.4. The Bertz CT molecular complexity index is 1860. The number of carboxylic acids is 1. The Morgan fingerprint density at radius 3 is 2.40 bits per heavy atom. The van der Waals surface area contributed by atoms with Crippen molar-refractivity contribution in [2.45, 2.75) is 43.9 Å². The molecule has 3 atom stereocenters. The molecule has 0 amide bonds. The number of esters is 1. The van der Waals surface area contributed by atoms with Gasteiger partial charge in [0.2, 0.25) is 0 Å². The van der Waals surface area contributed by atoms with E-state index < -0.39 is 29.7 Å². The number of hydrogen-bond acceptors (Lipinski definition) is 9. The van der Waals surface area contributed by atoms with Gasteiger partial charge < -0.3 is 24.5 Å². The van der Waals surface area contributed by atoms with Crippen LogP contribution in [0, 0.1) is 16.9 Å². The molecule has 2 N–H and O–H groups in total. The van der Waals surface area contributed by atoms with Crippen molar-refractivity contribution in [2.24, 2.45) is 5.92 Å². The highest BCUT2D eigenvalue weighted by molar-refractivity contribution is 7.14. The van der Waals surface area contributed by atoms with Gasteiger partial charge in [-0.3, -0.25) is 10.2 Å². The van der Waals surface area contributed by atoms with Crippen molar-refractivity contribution in [1.82, 2.24) is 10.2 Å². The van der Waals surface area contributed by atoms with Gasteiger partial charge in [0.15, 0.2) is 23.9 Å². The summed E-state index contributed by atoms with van der Waals surface area (Å²) < 4.78 is 31.9. The first-order valence-electron chi connectivity index (χ1n) is 16.1. The van der Waals surface area contributed by atoms with Gasteiger partial charge in [-0.1, -0.05) is 41.4 Å². The number of carboxylic acid groups (broad SMARTS) is 1. The summed E-state index contributed by atoms with van der Waals surface area (Å²) in [6.07, 6.45) is 4.21. The molecule has 3 aliphatic heterocycles. The third-order valence-electron chi connectivity index (χ3n) is 9.42. The zero-order valence-corrected chi connectivity index (χ0v) is 29.7. The molecule has 3 fully saturated rings. The Kier molecular flexibility index (Phi) is 11.1. The minimum atomic E-state index is -1.15. The molecule has 2 bridgehead atoms. The zero-order chi connectivity index (χ0) is 35.5. The van der Waals surface area contributed by atoms with Gasteiger partial charge in [0.05, 0.1) is 14.2 Å². The van der Waals surface area contributed by atoms with E-state index in [1.807, 2.05) is 0 Å². The standard InChI is InChI=1S/C36H36Cl2FN3O7S/c1-47-30-7-6-21(13-31(30)48-2)25(15-27-28(37)17-42(46)18-29(27)38)26-14-24(50-34(26)35(43)44)16-40-33(22-4-3-5-23(39)12-22)36(45)49-32-19-41-10-8-20(32)9-11-41/h3-7,12-14,17-18,20,25,32-33,40H,8-11,15-16,19H2,1-2H3,(H,43,44)/t25-,32-,33?/m0/s1. The van der Waals surface area contributed by atoms with Gasteiger partial charge in [0, 0.05) is 29.4 Å². The van der Waals surface area contributed by atoms with E-state index in [4.69, 9.17) is 37.4 Å². The first-order valence-corrected chi connectivity index (χ1v) is 17.7. The number of hydrogen-bond donors (Lipinski definition) is 2. The Hall–Kier alpha value is -3.94. The van der Waals surface area contributed by atoms with Crippen molar-refractivity contribution in [2.75, 3.05) is 33.9 Å². The maximum atomic E-state index is 14.4. The number of benzene rings is 2. The third-order valence-corrected chi connectivity index (χ3v) is 11.2. The Morgan fingerprint density at radius 2 is 1.78 bits per heavy atom. The molecular formula is C36H36Cl2FN3O7S. The van der Waals surface area contributed by atoms with Crippen LogP contribution in [0.2, 0.25) is 10.0 Å². The van der Waals surface area contributed by atoms with Crippen LogP contribution in [0.25, 0.3) is 0 Å². The number of carbonyl (C=O) groups excluding carboxylic acids is 1. The van der Waals surface area contributed by atoms with Crippen LogP contribution in [0.15, 0.2) is 60.9 Å². The molecule has 0 saturated carbocycles. The predicted molar refractivity (Wildman–Crippen MR) is 187 cm³/mol. The number of ether oxygens (including phenoxy) is 3. The molecule has 10 nitrogen and oxygen atoms in total. The maximum absolute atomic E-state index is 14.4. The van der Waals surface area contributed by atoms with Gasteiger partial charge in [-0.25, -0.2) is 14.0 Å². The van der Waals surface area contributed by atoms with Crippen molar-refractivity contribution in [3.63, 3.8) is 0 Å². The lowest BCUT2D eigenvalue weighted by molar-refractivity contribution is -0.605. The average molecular weight is 745 g/mol. The molecule has 14 heteroatoms. The monoisotopic (exact) mass is 743 g/mol. The Morgan fingerprint density at radius 1 is 1.06 bits per heavy atom. The molecular weight excluding hydrogens is 708 g/mol. The fraction of sp³-hybridized carbons (Fsp3) is 0.361. The number of fused-ring (bicyclic) bond motifs is 3. The van der Waals surface area contributed by atoms with E-state index >= 15 is 0 Å². The van der Waals surface area contributed by atoms with Crippen LogP contribution < -0.4 is 19.5 Å². The molecule has 4 aromatic rings. The fourth-order valence-electron chi connectivity index (χ4n) is 6.87. The molecule has 3 aliphatic rings. The molecule has 0 radical (unpaired) electrons. The number of methoxy groups -OCH3 is 2. The topological polar surface area (TPSA) is 124 Å². The van der Waals surface area contributed by atoms with Crippen molar-refractivity contribution in [3.8, 4) is 11.5 Å². The van der Waals surface area contributed by atoms with E-state index in [1.165, 1.54) is 44.8 Å². The minimum Gasteiger partial charge on any atom is -0.619 e. The van der Waals surface area contributed by atoms with Gasteiger partial charge >= 0.3 is 11.9 Å². The van der Waals surface area contributed by atoms with E-state index in [-0.39, 0.29) is 39.9 Å². The second-order valence-electron chi connectivity index (χ2n) is 12.4. The van der Waals surface area contributed by atoms with Crippen LogP contribution in [0.4, 0.5) is 4.39 Å². The second kappa shape index (κ2) is 15.5. The summed E-state index contributed by atoms with van der Waals surface area (Å²) in [6.45, 7) is 2.73. The van der Waals surface area contributed by atoms with Crippen LogP contribution in [0.3, 0.4) is 0 Å². The number of carbonyl (C=O) groups is 2. The minimum absolute atomic E-state index is 0.0702. The molecule has 7 rings (SSSR count). The smallest absolute Gasteiger partial charge is 0.346 e. The summed E-state index contributed by atoms with van der Waals surface area (Å²) in [6, 6.07) is 11.8. The highest BCUT2D eigenvalue weighted by atomic mass is 35.5. The number of rotatable bonds is 13. The van der Waals surface area contributed by atoms with Crippen molar-refractivity contribution < 1.29 is 38.0 Å². The van der Waals surface area contributed by atoms with Crippen LogP contribution in [0.5, 0.6) is 11.5 Å². The molecule has 5 heterocycles. The molecule has 264 valence electrons. The van der Waals surface area contributed by atoms with Gasteiger partial charge in [-0.05, 0) is 85.3 Å². The third kappa shape index (κ3) is 7.84. The lowest BCUT2D eigenvalue weighted by atomic mass is 9.85. The fourth-order valence-corrected chi connectivity index (χ4v) is 8.47. The molecule has 0 spiro atoms. The average Bonchev–Trinajstić information content (AvgIpc) is 3.52. The van der Waals surface area contributed by atoms with E-state index in [0.717, 1.165) is 37.3 Å². The summed E-state index contributed by atoms with van der Waals surface area (Å²) in [5.41, 5.74) is 2.02. The number of nitrogens with one attached hydrogen (secondary N) is 1. The van der Waals surface area contributed by atoms with Crippen molar-refractivity contribution in [1.29, 1.82) is 0 Å². The number of nitrogens with zero attached hydrogens (tertiary/aromatic N) is 2. The molecule has 1 unspecified atom stereocenters. The van der Waals surface area contributed by atoms with Gasteiger partial charge in [0.1, 0.15) is 32.9 Å². The number of piperidine rings is 3. The number of aromatic carboxylic acids is 1. The summed E-state index contributed by atoms with van der Waals surface area (Å²) in [5, 5.41) is 25.9. The van der Waals surface area contributed by atoms with Gasteiger partial charge in [-0.2, -0.15) is 4.73 Å². The largest absolute Gasteiger partial charge is 0.619 e. The number of pyridine rings is 1. The zero-order valence-electron chi connectivity index (χ0n) is 27.4. The van der Waals surface area contributed by atoms with Crippen LogP contribution in [-0.4, -0.2) is 61.9 Å². The number of halogens is 3. The highest BCUT2D eigenvalue weighted by Gasteiger charge is 2.38. The predicted octanol–water partition coefficient (Wildman–Crippen LogP) is 6.39. The number of aromatic nitrogens is 1. The molecule has 2 aromatic carbocycles. The van der Waals surface area contributed by atoms with Crippen molar-refractivity contribution in [3.05, 3.63) is 114 Å². The van der Waals surface area contributed by atoms with Crippen LogP contribution in [0.1, 0.15) is 61.6 Å². The maximum Gasteiger partial charge on any atom is 0.346 e. The normalized spacial score (nSPS) is 19.5. The molecule has 2 aromatic heterocycles.